The van der Waals surface area contributed by atoms with E-state index < -0.39 is 26.6 Å². The summed E-state index contributed by atoms with van der Waals surface area (Å²) in [5.41, 5.74) is 0. The first kappa shape index (κ1) is 81.2. The van der Waals surface area contributed by atoms with Crippen LogP contribution in [-0.4, -0.2) is 69.4 Å². The number of nitrogens with zero attached hydrogens (tertiary/aromatic N) is 1. The molecule has 0 aromatic heterocycles. The number of phosphoric ester groups is 1. The molecule has 10 heteroatoms. The Morgan fingerprint density at radius 3 is 1.11 bits per heavy atom. The molecule has 0 aromatic rings. The molecule has 0 aliphatic rings. The van der Waals surface area contributed by atoms with E-state index in [2.05, 4.69) is 99.0 Å². The van der Waals surface area contributed by atoms with E-state index in [4.69, 9.17) is 13.8 Å². The van der Waals surface area contributed by atoms with Crippen molar-refractivity contribution >= 4 is 19.7 Å². The Hall–Kier alpha value is -2.81. The Bertz CT molecular complexity index is 1710. The first-order valence-electron chi connectivity index (χ1n) is 35.4. The molecule has 0 aliphatic carbocycles. The van der Waals surface area contributed by atoms with Gasteiger partial charge >= 0.3 is 5.97 Å². The topological polar surface area (TPSA) is 114 Å². The number of amides is 1. The number of allylic oxidation sites excluding steroid dienone is 13. The van der Waals surface area contributed by atoms with Gasteiger partial charge in [-0.15, -0.1) is 0 Å². The zero-order valence-electron chi connectivity index (χ0n) is 55.8. The zero-order chi connectivity index (χ0) is 61.4. The van der Waals surface area contributed by atoms with E-state index in [1.807, 2.05) is 33.3 Å². The number of ether oxygens (including phenoxy) is 1. The number of quaternary nitrogens is 1. The number of hydrogen-bond acceptors (Lipinski definition) is 7. The molecule has 0 saturated carbocycles. The van der Waals surface area contributed by atoms with Crippen LogP contribution < -0.4 is 10.2 Å². The lowest BCUT2D eigenvalue weighted by Crippen LogP contribution is -2.47. The quantitative estimate of drug-likeness (QED) is 0.0212. The maximum Gasteiger partial charge on any atom is 0.306 e. The third-order valence-electron chi connectivity index (χ3n) is 15.5. The molecular formula is C74H135N2O7P. The van der Waals surface area contributed by atoms with E-state index in [9.17, 15) is 19.0 Å². The van der Waals surface area contributed by atoms with Crippen molar-refractivity contribution in [3.8, 4) is 0 Å². The minimum absolute atomic E-state index is 0.0269. The number of nitrogens with one attached hydrogen (secondary N) is 1. The summed E-state index contributed by atoms with van der Waals surface area (Å²) in [6.45, 7) is 6.80. The van der Waals surface area contributed by atoms with Crippen LogP contribution in [0.2, 0.25) is 0 Å². The van der Waals surface area contributed by atoms with E-state index in [1.165, 1.54) is 193 Å². The minimum atomic E-state index is -4.71. The number of carbonyl (C=O) groups is 2. The lowest BCUT2D eigenvalue weighted by molar-refractivity contribution is -0.870. The van der Waals surface area contributed by atoms with Gasteiger partial charge in [-0.1, -0.05) is 286 Å². The van der Waals surface area contributed by atoms with Gasteiger partial charge in [-0.05, 0) is 109 Å². The lowest BCUT2D eigenvalue weighted by Gasteiger charge is -2.30. The molecular weight excluding hydrogens is 1060 g/mol. The molecule has 1 amide bonds. The highest BCUT2D eigenvalue weighted by Gasteiger charge is 2.27. The Balaban J connectivity index is 5.06. The highest BCUT2D eigenvalue weighted by atomic mass is 31.2. The maximum atomic E-state index is 13.6. The van der Waals surface area contributed by atoms with Crippen LogP contribution in [0.4, 0.5) is 0 Å². The normalized spacial score (nSPS) is 14.0. The average molecular weight is 1200 g/mol. The molecule has 0 rings (SSSR count). The molecule has 0 spiro atoms. The van der Waals surface area contributed by atoms with Crippen molar-refractivity contribution in [3.05, 3.63) is 85.1 Å². The number of unbranched alkanes of at least 4 members (excludes halogenated alkanes) is 36. The van der Waals surface area contributed by atoms with Crippen LogP contribution in [0.25, 0.3) is 0 Å². The first-order valence-corrected chi connectivity index (χ1v) is 36.9. The molecule has 0 saturated heterocycles. The molecule has 3 unspecified atom stereocenters. The van der Waals surface area contributed by atoms with Gasteiger partial charge in [0.05, 0.1) is 33.8 Å². The number of carbonyl (C=O) groups excluding carboxylic acids is 2. The van der Waals surface area contributed by atoms with Crippen molar-refractivity contribution in [1.29, 1.82) is 0 Å². The zero-order valence-corrected chi connectivity index (χ0v) is 56.7. The minimum Gasteiger partial charge on any atom is -0.756 e. The fourth-order valence-electron chi connectivity index (χ4n) is 10.1. The van der Waals surface area contributed by atoms with Crippen molar-refractivity contribution in [3.63, 3.8) is 0 Å². The summed E-state index contributed by atoms with van der Waals surface area (Å²) >= 11 is 0. The Labute approximate surface area is 520 Å². The lowest BCUT2D eigenvalue weighted by atomic mass is 10.0. The van der Waals surface area contributed by atoms with Crippen molar-refractivity contribution in [2.75, 3.05) is 40.9 Å². The van der Waals surface area contributed by atoms with E-state index >= 15 is 0 Å². The summed E-state index contributed by atoms with van der Waals surface area (Å²) in [5.74, 6) is -0.550. The van der Waals surface area contributed by atoms with Crippen molar-refractivity contribution in [1.82, 2.24) is 5.32 Å². The number of phosphoric acid groups is 1. The van der Waals surface area contributed by atoms with Crippen molar-refractivity contribution < 1.29 is 37.3 Å². The predicted molar refractivity (Wildman–Crippen MR) is 362 cm³/mol. The second kappa shape index (κ2) is 63.2. The van der Waals surface area contributed by atoms with Gasteiger partial charge in [0.1, 0.15) is 19.3 Å². The van der Waals surface area contributed by atoms with Gasteiger partial charge in [-0.25, -0.2) is 0 Å². The predicted octanol–water partition coefficient (Wildman–Crippen LogP) is 21.9. The highest BCUT2D eigenvalue weighted by Crippen LogP contribution is 2.38. The van der Waals surface area contributed by atoms with Crippen LogP contribution in [0, 0.1) is 0 Å². The summed E-state index contributed by atoms with van der Waals surface area (Å²) in [4.78, 5) is 40.2. The Morgan fingerprint density at radius 1 is 0.417 bits per heavy atom. The molecule has 0 aliphatic heterocycles. The smallest absolute Gasteiger partial charge is 0.306 e. The van der Waals surface area contributed by atoms with Gasteiger partial charge < -0.3 is 28.5 Å². The molecule has 0 bridgehead atoms. The second-order valence-corrected chi connectivity index (χ2v) is 26.4. The van der Waals surface area contributed by atoms with Crippen LogP contribution in [0.15, 0.2) is 85.1 Å². The molecule has 84 heavy (non-hydrogen) atoms. The van der Waals surface area contributed by atoms with E-state index in [1.54, 1.807) is 0 Å². The van der Waals surface area contributed by atoms with Crippen molar-refractivity contribution in [2.24, 2.45) is 0 Å². The van der Waals surface area contributed by atoms with Gasteiger partial charge in [-0.2, -0.15) is 0 Å². The number of esters is 1. The summed E-state index contributed by atoms with van der Waals surface area (Å²) in [6.07, 6.45) is 84.1. The van der Waals surface area contributed by atoms with E-state index in [-0.39, 0.29) is 24.9 Å². The molecule has 0 aromatic carbocycles. The SMILES string of the molecule is CCCCC/C=C\C/C=C\C/C=C\CCCCCCCCCCCCCCCCC(=O)NC(COP(=O)([O-])OCC[N+](C)(C)C)C(/C=C\CCCCCCCCCCCC)OC(=O)CCCCCCCC/C=C\C/C=C\C/C=C\CCCCC. The fourth-order valence-corrected chi connectivity index (χ4v) is 10.8. The fraction of sp³-hybridized carbons (Fsp3) is 0.784. The van der Waals surface area contributed by atoms with Gasteiger partial charge in [0, 0.05) is 12.8 Å². The van der Waals surface area contributed by atoms with E-state index in [0.29, 0.717) is 23.9 Å². The van der Waals surface area contributed by atoms with Gasteiger partial charge in [0.15, 0.2) is 0 Å². The first-order chi connectivity index (χ1) is 40.9. The molecule has 9 nitrogen and oxygen atoms in total. The molecule has 0 heterocycles. The summed E-state index contributed by atoms with van der Waals surface area (Å²) in [7, 11) is 1.18. The molecule has 3 atom stereocenters. The molecule has 0 radical (unpaired) electrons. The number of hydrogen-bond donors (Lipinski definition) is 1. The third-order valence-corrected chi connectivity index (χ3v) is 16.5. The number of rotatable bonds is 64. The van der Waals surface area contributed by atoms with Crippen LogP contribution >= 0.6 is 7.82 Å². The Morgan fingerprint density at radius 2 is 0.726 bits per heavy atom. The largest absolute Gasteiger partial charge is 0.756 e. The second-order valence-electron chi connectivity index (χ2n) is 25.0. The third kappa shape index (κ3) is 63.7. The Kier molecular flexibility index (Phi) is 61.1. The summed E-state index contributed by atoms with van der Waals surface area (Å²) in [5, 5.41) is 3.04. The van der Waals surface area contributed by atoms with Gasteiger partial charge in [-0.3, -0.25) is 14.2 Å². The monoisotopic (exact) mass is 1200 g/mol. The average Bonchev–Trinajstić information content (AvgIpc) is 3.64. The summed E-state index contributed by atoms with van der Waals surface area (Å²) in [6, 6.07) is -0.898. The standard InChI is InChI=1S/C74H135N2O7P/c1-7-10-13-16-19-22-25-28-30-32-34-35-36-37-38-39-40-41-43-44-46-48-51-54-57-60-63-66-73(77)75-71(70-82-84(79,80)81-69-68-76(4,5)6)72(65-62-59-56-53-50-27-24-21-18-15-12-9-3)83-74(78)67-64-61-58-55-52-49-47-45-42-33-31-29-26-23-20-17-14-11-8-2/h19-20,22-23,28-31,34-35,42,45,62,65,71-72H,7-18,21,24-27,32-33,36-41,43-44,46-61,63-64,66-70H2,1-6H3,(H-,75,77,79,80)/b22-19-,23-20-,30-28-,31-29-,35-34-,45-42-,65-62-. The van der Waals surface area contributed by atoms with Gasteiger partial charge in [0.25, 0.3) is 7.82 Å². The van der Waals surface area contributed by atoms with Crippen LogP contribution in [-0.2, 0) is 27.9 Å². The molecule has 1 N–H and O–H groups in total. The van der Waals surface area contributed by atoms with Crippen LogP contribution in [0.3, 0.4) is 0 Å². The molecule has 488 valence electrons. The van der Waals surface area contributed by atoms with Crippen molar-refractivity contribution in [2.45, 2.75) is 335 Å². The molecule has 0 fully saturated rings. The van der Waals surface area contributed by atoms with Crippen LogP contribution in [0.1, 0.15) is 323 Å². The van der Waals surface area contributed by atoms with Gasteiger partial charge in [0.2, 0.25) is 5.91 Å². The highest BCUT2D eigenvalue weighted by molar-refractivity contribution is 7.45. The number of likely N-dealkylation sites (N-methyl/N-ethyl adjacent to an activating group) is 1. The summed E-state index contributed by atoms with van der Waals surface area (Å²) < 4.78 is 30.4. The van der Waals surface area contributed by atoms with E-state index in [0.717, 1.165) is 89.9 Å². The van der Waals surface area contributed by atoms with Crippen LogP contribution in [0.5, 0.6) is 0 Å². The maximum absolute atomic E-state index is 13.6.